The van der Waals surface area contributed by atoms with Crippen LogP contribution in [0, 0.1) is 5.41 Å². The Morgan fingerprint density at radius 1 is 1.07 bits per heavy atom. The van der Waals surface area contributed by atoms with Crippen molar-refractivity contribution in [1.29, 1.82) is 0 Å². The van der Waals surface area contributed by atoms with E-state index >= 15 is 0 Å². The van der Waals surface area contributed by atoms with Gasteiger partial charge in [-0.2, -0.15) is 0 Å². The van der Waals surface area contributed by atoms with E-state index in [9.17, 15) is 19.2 Å². The fourth-order valence-electron chi connectivity index (χ4n) is 3.75. The third kappa shape index (κ3) is 3.97. The first-order valence-electron chi connectivity index (χ1n) is 9.61. The Kier molecular flexibility index (Phi) is 5.15. The molecular formula is C21H26N2O6. The van der Waals surface area contributed by atoms with Crippen molar-refractivity contribution in [2.45, 2.75) is 59.1 Å². The monoisotopic (exact) mass is 402 g/mol. The van der Waals surface area contributed by atoms with Gasteiger partial charge in [-0.15, -0.1) is 0 Å². The number of nitrogens with zero attached hydrogens (tertiary/aromatic N) is 2. The molecule has 3 rings (SSSR count). The van der Waals surface area contributed by atoms with Crippen LogP contribution in [0.1, 0.15) is 68.2 Å². The third-order valence-corrected chi connectivity index (χ3v) is 5.06. The largest absolute Gasteiger partial charge is 0.444 e. The van der Waals surface area contributed by atoms with E-state index in [4.69, 9.17) is 9.57 Å². The molecule has 3 amide bonds. The molecule has 1 saturated heterocycles. The first-order valence-corrected chi connectivity index (χ1v) is 9.61. The minimum atomic E-state index is -0.990. The molecule has 1 aromatic rings. The Labute approximate surface area is 169 Å². The van der Waals surface area contributed by atoms with Gasteiger partial charge in [0.05, 0.1) is 11.1 Å². The van der Waals surface area contributed by atoms with Gasteiger partial charge >= 0.3 is 12.1 Å². The first kappa shape index (κ1) is 20.8. The second-order valence-electron chi connectivity index (χ2n) is 9.03. The number of benzene rings is 1. The zero-order valence-electron chi connectivity index (χ0n) is 17.4. The van der Waals surface area contributed by atoms with E-state index in [-0.39, 0.29) is 11.1 Å². The SMILES string of the molecule is CC(C)(C)OC(=O)N1CCCC(C)(C)C1C(=O)ON1C(=O)c2ccccc2C1=O. The molecule has 2 aliphatic heterocycles. The lowest BCUT2D eigenvalue weighted by atomic mass is 9.76. The fourth-order valence-corrected chi connectivity index (χ4v) is 3.75. The van der Waals surface area contributed by atoms with E-state index in [1.165, 1.54) is 17.0 Å². The van der Waals surface area contributed by atoms with Crippen molar-refractivity contribution >= 4 is 23.9 Å². The standard InChI is InChI=1S/C21H26N2O6/c1-20(2,3)28-19(27)22-12-8-11-21(4,5)15(22)18(26)29-23-16(24)13-9-6-7-10-14(13)17(23)25/h6-7,9-10,15H,8,11-12H2,1-5H3. The molecule has 2 aliphatic rings. The lowest BCUT2D eigenvalue weighted by Crippen LogP contribution is -2.58. The Morgan fingerprint density at radius 3 is 2.14 bits per heavy atom. The molecule has 1 fully saturated rings. The molecule has 1 atom stereocenters. The van der Waals surface area contributed by atoms with Crippen molar-refractivity contribution in [2.24, 2.45) is 5.41 Å². The average molecular weight is 402 g/mol. The van der Waals surface area contributed by atoms with Crippen molar-refractivity contribution in [3.8, 4) is 0 Å². The third-order valence-electron chi connectivity index (χ3n) is 5.06. The van der Waals surface area contributed by atoms with Crippen LogP contribution < -0.4 is 0 Å². The van der Waals surface area contributed by atoms with E-state index in [1.807, 2.05) is 13.8 Å². The molecule has 156 valence electrons. The summed E-state index contributed by atoms with van der Waals surface area (Å²) in [4.78, 5) is 57.4. The van der Waals surface area contributed by atoms with E-state index < -0.39 is 40.9 Å². The number of fused-ring (bicyclic) bond motifs is 1. The molecule has 0 spiro atoms. The van der Waals surface area contributed by atoms with E-state index in [2.05, 4.69) is 0 Å². The highest BCUT2D eigenvalue weighted by molar-refractivity contribution is 6.20. The summed E-state index contributed by atoms with van der Waals surface area (Å²) in [6.45, 7) is 9.24. The highest BCUT2D eigenvalue weighted by atomic mass is 16.7. The maximum Gasteiger partial charge on any atom is 0.411 e. The molecule has 0 saturated carbocycles. The normalized spacial score (nSPS) is 21.1. The highest BCUT2D eigenvalue weighted by Gasteiger charge is 2.49. The molecule has 8 nitrogen and oxygen atoms in total. The molecule has 0 aliphatic carbocycles. The summed E-state index contributed by atoms with van der Waals surface area (Å²) >= 11 is 0. The zero-order valence-corrected chi connectivity index (χ0v) is 17.4. The molecule has 0 N–H and O–H groups in total. The summed E-state index contributed by atoms with van der Waals surface area (Å²) < 4.78 is 5.45. The van der Waals surface area contributed by atoms with Gasteiger partial charge in [0.15, 0.2) is 0 Å². The topological polar surface area (TPSA) is 93.2 Å². The summed E-state index contributed by atoms with van der Waals surface area (Å²) in [5.41, 5.74) is -0.991. The summed E-state index contributed by atoms with van der Waals surface area (Å²) in [6, 6.07) is 5.27. The van der Waals surface area contributed by atoms with Crippen LogP contribution in [0.3, 0.4) is 0 Å². The molecule has 1 aromatic carbocycles. The molecule has 0 bridgehead atoms. The van der Waals surface area contributed by atoms with Gasteiger partial charge in [-0.25, -0.2) is 9.59 Å². The van der Waals surface area contributed by atoms with Crippen LogP contribution in [0.15, 0.2) is 24.3 Å². The van der Waals surface area contributed by atoms with Crippen molar-refractivity contribution in [3.05, 3.63) is 35.4 Å². The van der Waals surface area contributed by atoms with Gasteiger partial charge in [0.2, 0.25) is 0 Å². The molecule has 1 unspecified atom stereocenters. The summed E-state index contributed by atoms with van der Waals surface area (Å²) in [5, 5.41) is 0.477. The van der Waals surface area contributed by atoms with Crippen LogP contribution in [0.25, 0.3) is 0 Å². The average Bonchev–Trinajstić information content (AvgIpc) is 2.84. The van der Waals surface area contributed by atoms with Gasteiger partial charge in [-0.1, -0.05) is 31.0 Å². The Bertz CT molecular complexity index is 835. The Morgan fingerprint density at radius 2 is 1.62 bits per heavy atom. The summed E-state index contributed by atoms with van der Waals surface area (Å²) in [5.74, 6) is -2.23. The minimum Gasteiger partial charge on any atom is -0.444 e. The Hall–Kier alpha value is -2.90. The highest BCUT2D eigenvalue weighted by Crippen LogP contribution is 2.37. The van der Waals surface area contributed by atoms with Crippen LogP contribution in [0.2, 0.25) is 0 Å². The predicted molar refractivity (Wildman–Crippen MR) is 103 cm³/mol. The number of imide groups is 1. The number of ether oxygens (including phenoxy) is 1. The molecule has 8 heteroatoms. The maximum atomic E-state index is 13.1. The molecule has 0 radical (unpaired) electrons. The van der Waals surface area contributed by atoms with Crippen molar-refractivity contribution in [3.63, 3.8) is 0 Å². The number of likely N-dealkylation sites (tertiary alicyclic amines) is 1. The first-order chi connectivity index (χ1) is 13.4. The maximum absolute atomic E-state index is 13.1. The van der Waals surface area contributed by atoms with Crippen LogP contribution >= 0.6 is 0 Å². The Balaban J connectivity index is 1.84. The quantitative estimate of drug-likeness (QED) is 0.706. The lowest BCUT2D eigenvalue weighted by molar-refractivity contribution is -0.181. The molecular weight excluding hydrogens is 376 g/mol. The summed E-state index contributed by atoms with van der Waals surface area (Å²) in [7, 11) is 0. The smallest absolute Gasteiger partial charge is 0.411 e. The minimum absolute atomic E-state index is 0.178. The van der Waals surface area contributed by atoms with Crippen LogP contribution in [0.4, 0.5) is 4.79 Å². The van der Waals surface area contributed by atoms with Crippen LogP contribution in [-0.4, -0.2) is 52.0 Å². The van der Waals surface area contributed by atoms with E-state index in [0.29, 0.717) is 24.4 Å². The predicted octanol–water partition coefficient (Wildman–Crippen LogP) is 3.17. The van der Waals surface area contributed by atoms with Crippen molar-refractivity contribution < 1.29 is 28.8 Å². The zero-order chi connectivity index (χ0) is 21.6. The van der Waals surface area contributed by atoms with Crippen molar-refractivity contribution in [1.82, 2.24) is 9.96 Å². The van der Waals surface area contributed by atoms with Crippen LogP contribution in [0.5, 0.6) is 0 Å². The number of amides is 3. The van der Waals surface area contributed by atoms with Gasteiger partial charge in [0, 0.05) is 6.54 Å². The second-order valence-corrected chi connectivity index (χ2v) is 9.03. The number of carbonyl (C=O) groups excluding carboxylic acids is 4. The van der Waals surface area contributed by atoms with Gasteiger partial charge in [-0.3, -0.25) is 14.5 Å². The van der Waals surface area contributed by atoms with Crippen LogP contribution in [-0.2, 0) is 14.4 Å². The molecule has 0 aromatic heterocycles. The molecule has 29 heavy (non-hydrogen) atoms. The van der Waals surface area contributed by atoms with E-state index in [0.717, 1.165) is 0 Å². The van der Waals surface area contributed by atoms with Gasteiger partial charge in [-0.05, 0) is 51.2 Å². The second kappa shape index (κ2) is 7.17. The molecule has 2 heterocycles. The van der Waals surface area contributed by atoms with Gasteiger partial charge < -0.3 is 9.57 Å². The lowest BCUT2D eigenvalue weighted by Gasteiger charge is -2.44. The summed E-state index contributed by atoms with van der Waals surface area (Å²) in [6.07, 6.45) is 0.742. The fraction of sp³-hybridized carbons (Fsp3) is 0.524. The number of hydrogen-bond donors (Lipinski definition) is 0. The number of hydrogen-bond acceptors (Lipinski definition) is 6. The van der Waals surface area contributed by atoms with Gasteiger partial charge in [0.1, 0.15) is 11.6 Å². The number of rotatable bonds is 2. The number of piperidine rings is 1. The number of hydroxylamine groups is 2. The van der Waals surface area contributed by atoms with Gasteiger partial charge in [0.25, 0.3) is 11.8 Å². The number of carbonyl (C=O) groups is 4. The van der Waals surface area contributed by atoms with Crippen molar-refractivity contribution in [2.75, 3.05) is 6.54 Å². The van der Waals surface area contributed by atoms with E-state index in [1.54, 1.807) is 32.9 Å².